The van der Waals surface area contributed by atoms with E-state index >= 15 is 0 Å². The van der Waals surface area contributed by atoms with E-state index in [2.05, 4.69) is 4.74 Å². The zero-order valence-electron chi connectivity index (χ0n) is 16.8. The Bertz CT molecular complexity index is 1030. The van der Waals surface area contributed by atoms with E-state index in [1.165, 1.54) is 25.3 Å². The van der Waals surface area contributed by atoms with Gasteiger partial charge in [-0.05, 0) is 47.0 Å². The van der Waals surface area contributed by atoms with Gasteiger partial charge in [-0.2, -0.15) is 0 Å². The van der Waals surface area contributed by atoms with Crippen molar-refractivity contribution in [1.82, 2.24) is 4.90 Å². The second-order valence-corrected chi connectivity index (χ2v) is 6.76. The molecule has 5 heteroatoms. The van der Waals surface area contributed by atoms with E-state index in [0.717, 1.165) is 16.7 Å². The smallest absolute Gasteiger partial charge is 0.337 e. The van der Waals surface area contributed by atoms with Gasteiger partial charge in [0.1, 0.15) is 5.82 Å². The highest BCUT2D eigenvalue weighted by Gasteiger charge is 2.22. The largest absolute Gasteiger partial charge is 0.465 e. The number of amides is 1. The predicted molar refractivity (Wildman–Crippen MR) is 114 cm³/mol. The molecule has 30 heavy (non-hydrogen) atoms. The van der Waals surface area contributed by atoms with Crippen LogP contribution in [0.5, 0.6) is 0 Å². The van der Waals surface area contributed by atoms with Crippen LogP contribution in [-0.2, 0) is 9.53 Å². The molecule has 0 saturated heterocycles. The number of ether oxygens (including phenoxy) is 1. The average Bonchev–Trinajstić information content (AvgIpc) is 2.79. The van der Waals surface area contributed by atoms with Gasteiger partial charge in [-0.3, -0.25) is 4.79 Å². The van der Waals surface area contributed by atoms with Crippen LogP contribution in [0.1, 0.15) is 33.1 Å². The lowest BCUT2D eigenvalue weighted by atomic mass is 9.97. The van der Waals surface area contributed by atoms with Gasteiger partial charge in [-0.25, -0.2) is 9.18 Å². The summed E-state index contributed by atoms with van der Waals surface area (Å²) >= 11 is 0. The number of halogens is 1. The SMILES string of the molecule is COC(=O)c1ccc(/C=C/C(=O)N(C)C(c2ccccc2)c2ccc(F)cc2)cc1. The van der Waals surface area contributed by atoms with Crippen LogP contribution >= 0.6 is 0 Å². The van der Waals surface area contributed by atoms with E-state index in [4.69, 9.17) is 0 Å². The highest BCUT2D eigenvalue weighted by atomic mass is 19.1. The Labute approximate surface area is 175 Å². The molecule has 0 bridgehead atoms. The number of carbonyl (C=O) groups excluding carboxylic acids is 2. The van der Waals surface area contributed by atoms with Crippen molar-refractivity contribution in [2.45, 2.75) is 6.04 Å². The van der Waals surface area contributed by atoms with Gasteiger partial charge in [-0.1, -0.05) is 54.6 Å². The number of hydrogen-bond acceptors (Lipinski definition) is 3. The lowest BCUT2D eigenvalue weighted by molar-refractivity contribution is -0.126. The monoisotopic (exact) mass is 403 g/mol. The number of esters is 1. The van der Waals surface area contributed by atoms with Crippen molar-refractivity contribution in [1.29, 1.82) is 0 Å². The standard InChI is InChI=1S/C25H22FNO3/c1-27(23(28)17-10-18-8-11-21(12-9-18)25(29)30-2)24(19-6-4-3-5-7-19)20-13-15-22(26)16-14-20/h3-17,24H,1-2H3/b17-10+. The minimum absolute atomic E-state index is 0.203. The summed E-state index contributed by atoms with van der Waals surface area (Å²) in [5.74, 6) is -0.939. The third kappa shape index (κ3) is 5.00. The summed E-state index contributed by atoms with van der Waals surface area (Å²) in [7, 11) is 3.04. The van der Waals surface area contributed by atoms with E-state index in [0.29, 0.717) is 5.56 Å². The summed E-state index contributed by atoms with van der Waals surface area (Å²) in [6.45, 7) is 0. The molecule has 0 heterocycles. The van der Waals surface area contributed by atoms with Crippen LogP contribution in [0.25, 0.3) is 6.08 Å². The Morgan fingerprint density at radius 2 is 1.50 bits per heavy atom. The van der Waals surface area contributed by atoms with Crippen molar-refractivity contribution in [3.63, 3.8) is 0 Å². The van der Waals surface area contributed by atoms with Crippen molar-refractivity contribution in [3.8, 4) is 0 Å². The molecule has 3 aromatic rings. The van der Waals surface area contributed by atoms with Crippen LogP contribution < -0.4 is 0 Å². The van der Waals surface area contributed by atoms with Crippen LogP contribution in [-0.4, -0.2) is 30.9 Å². The summed E-state index contributed by atoms with van der Waals surface area (Å²) in [6.07, 6.45) is 3.17. The zero-order valence-corrected chi connectivity index (χ0v) is 16.8. The number of hydrogen-bond donors (Lipinski definition) is 0. The Balaban J connectivity index is 1.82. The quantitative estimate of drug-likeness (QED) is 0.436. The van der Waals surface area contributed by atoms with Gasteiger partial charge in [0.25, 0.3) is 0 Å². The predicted octanol–water partition coefficient (Wildman–Crippen LogP) is 4.87. The van der Waals surface area contributed by atoms with Crippen molar-refractivity contribution >= 4 is 18.0 Å². The fraction of sp³-hybridized carbons (Fsp3) is 0.120. The van der Waals surface area contributed by atoms with E-state index < -0.39 is 5.97 Å². The molecule has 1 atom stereocenters. The van der Waals surface area contributed by atoms with E-state index in [9.17, 15) is 14.0 Å². The normalized spacial score (nSPS) is 11.8. The van der Waals surface area contributed by atoms with E-state index in [-0.39, 0.29) is 17.8 Å². The minimum atomic E-state index is -0.411. The maximum atomic E-state index is 13.4. The summed E-state index contributed by atoms with van der Waals surface area (Å²) in [5, 5.41) is 0. The van der Waals surface area contributed by atoms with Crippen molar-refractivity contribution in [2.75, 3.05) is 14.2 Å². The molecule has 0 aliphatic carbocycles. The van der Waals surface area contributed by atoms with Gasteiger partial charge in [-0.15, -0.1) is 0 Å². The van der Waals surface area contributed by atoms with E-state index in [1.54, 1.807) is 54.4 Å². The molecule has 0 fully saturated rings. The van der Waals surface area contributed by atoms with Gasteiger partial charge in [0.15, 0.2) is 0 Å². The van der Waals surface area contributed by atoms with E-state index in [1.807, 2.05) is 30.3 Å². The van der Waals surface area contributed by atoms with Gasteiger partial charge in [0.2, 0.25) is 5.91 Å². The maximum absolute atomic E-state index is 13.4. The van der Waals surface area contributed by atoms with Crippen molar-refractivity contribution < 1.29 is 18.7 Å². The molecule has 3 aromatic carbocycles. The first-order chi connectivity index (χ1) is 14.5. The molecular weight excluding hydrogens is 381 g/mol. The molecular formula is C25H22FNO3. The van der Waals surface area contributed by atoms with Crippen molar-refractivity contribution in [3.05, 3.63) is 113 Å². The highest BCUT2D eigenvalue weighted by molar-refractivity contribution is 5.93. The Kier molecular flexibility index (Phi) is 6.75. The van der Waals surface area contributed by atoms with Gasteiger partial charge in [0.05, 0.1) is 18.7 Å². The minimum Gasteiger partial charge on any atom is -0.465 e. The molecule has 0 spiro atoms. The van der Waals surface area contributed by atoms with Gasteiger partial charge in [0, 0.05) is 13.1 Å². The second kappa shape index (κ2) is 9.65. The number of methoxy groups -OCH3 is 1. The van der Waals surface area contributed by atoms with Crippen molar-refractivity contribution in [2.24, 2.45) is 0 Å². The first kappa shape index (κ1) is 21.0. The van der Waals surface area contributed by atoms with Crippen LogP contribution in [0.4, 0.5) is 4.39 Å². The molecule has 152 valence electrons. The topological polar surface area (TPSA) is 46.6 Å². The van der Waals surface area contributed by atoms with Crippen LogP contribution in [0.15, 0.2) is 84.9 Å². The summed E-state index contributed by atoms with van der Waals surface area (Å²) in [5.41, 5.74) is 2.96. The molecule has 3 rings (SSSR count). The first-order valence-corrected chi connectivity index (χ1v) is 9.43. The lowest BCUT2D eigenvalue weighted by Gasteiger charge is -2.28. The van der Waals surface area contributed by atoms with Crippen LogP contribution in [0.3, 0.4) is 0 Å². The molecule has 1 unspecified atom stereocenters. The fourth-order valence-electron chi connectivity index (χ4n) is 3.18. The van der Waals surface area contributed by atoms with Crippen LogP contribution in [0, 0.1) is 5.82 Å². The number of carbonyl (C=O) groups is 2. The Morgan fingerprint density at radius 3 is 2.10 bits per heavy atom. The summed E-state index contributed by atoms with van der Waals surface area (Å²) < 4.78 is 18.1. The van der Waals surface area contributed by atoms with Crippen LogP contribution in [0.2, 0.25) is 0 Å². The summed E-state index contributed by atoms with van der Waals surface area (Å²) in [6, 6.07) is 22.2. The maximum Gasteiger partial charge on any atom is 0.337 e. The molecule has 0 radical (unpaired) electrons. The molecule has 0 N–H and O–H groups in total. The Morgan fingerprint density at radius 1 is 0.900 bits per heavy atom. The molecule has 0 aliphatic rings. The second-order valence-electron chi connectivity index (χ2n) is 6.76. The molecule has 1 amide bonds. The van der Waals surface area contributed by atoms with Gasteiger partial charge >= 0.3 is 5.97 Å². The molecule has 0 aliphatic heterocycles. The number of benzene rings is 3. The average molecular weight is 403 g/mol. The number of likely N-dealkylation sites (N-methyl/N-ethyl adjacent to an activating group) is 1. The first-order valence-electron chi connectivity index (χ1n) is 9.43. The van der Waals surface area contributed by atoms with Gasteiger partial charge < -0.3 is 9.64 Å². The molecule has 0 aromatic heterocycles. The number of rotatable bonds is 6. The molecule has 4 nitrogen and oxygen atoms in total. The number of nitrogens with zero attached hydrogens (tertiary/aromatic N) is 1. The summed E-state index contributed by atoms with van der Waals surface area (Å²) in [4.78, 5) is 26.0. The highest BCUT2D eigenvalue weighted by Crippen LogP contribution is 2.28. The zero-order chi connectivity index (χ0) is 21.5. The molecule has 0 saturated carbocycles. The Hall–Kier alpha value is -3.73. The fourth-order valence-corrected chi connectivity index (χ4v) is 3.18. The third-order valence-corrected chi connectivity index (χ3v) is 4.79. The lowest BCUT2D eigenvalue weighted by Crippen LogP contribution is -2.30. The third-order valence-electron chi connectivity index (χ3n) is 4.79.